The third kappa shape index (κ3) is 3.52. The predicted molar refractivity (Wildman–Crippen MR) is 85.1 cm³/mol. The molecule has 1 unspecified atom stereocenters. The fourth-order valence-electron chi connectivity index (χ4n) is 2.00. The molecule has 1 aromatic heterocycles. The van der Waals surface area contributed by atoms with Crippen LogP contribution in [0.2, 0.25) is 0 Å². The number of rotatable bonds is 6. The predicted octanol–water partition coefficient (Wildman–Crippen LogP) is 2.38. The van der Waals surface area contributed by atoms with Crippen LogP contribution < -0.4 is 10.9 Å². The molecule has 0 spiro atoms. The fraction of sp³-hybridized carbons (Fsp3) is 0.385. The Morgan fingerprint density at radius 2 is 2.29 bits per heavy atom. The van der Waals surface area contributed by atoms with Gasteiger partial charge >= 0.3 is 0 Å². The van der Waals surface area contributed by atoms with E-state index >= 15 is 0 Å². The molecule has 2 aromatic rings. The van der Waals surface area contributed by atoms with Crippen molar-refractivity contribution >= 4 is 34.0 Å². The van der Waals surface area contributed by atoms with Gasteiger partial charge in [-0.25, -0.2) is 4.98 Å². The van der Waals surface area contributed by atoms with Gasteiger partial charge < -0.3 is 10.3 Å². The highest BCUT2D eigenvalue weighted by atomic mass is 32.2. The number of nitro groups is 1. The number of nitrogens with zero attached hydrogens (tertiary/aromatic N) is 2. The zero-order chi connectivity index (χ0) is 15.4. The van der Waals surface area contributed by atoms with Gasteiger partial charge in [0.25, 0.3) is 11.2 Å². The van der Waals surface area contributed by atoms with E-state index in [-0.39, 0.29) is 22.7 Å². The van der Waals surface area contributed by atoms with Gasteiger partial charge in [0.15, 0.2) is 0 Å². The number of H-pyrrole nitrogens is 1. The molecule has 1 aromatic carbocycles. The Balaban J connectivity index is 2.44. The zero-order valence-electron chi connectivity index (χ0n) is 11.8. The zero-order valence-corrected chi connectivity index (χ0v) is 12.6. The normalized spacial score (nSPS) is 12.3. The van der Waals surface area contributed by atoms with Crippen LogP contribution in [0.3, 0.4) is 0 Å². The smallest absolute Gasteiger partial charge is 0.293 e. The van der Waals surface area contributed by atoms with E-state index in [2.05, 4.69) is 15.3 Å². The molecule has 0 amide bonds. The van der Waals surface area contributed by atoms with Crippen LogP contribution in [0.4, 0.5) is 11.4 Å². The van der Waals surface area contributed by atoms with Crippen molar-refractivity contribution in [2.45, 2.75) is 19.4 Å². The maximum Gasteiger partial charge on any atom is 0.293 e. The molecule has 0 aliphatic rings. The summed E-state index contributed by atoms with van der Waals surface area (Å²) in [6, 6.07) is 2.92. The van der Waals surface area contributed by atoms with Gasteiger partial charge in [-0.3, -0.25) is 14.9 Å². The van der Waals surface area contributed by atoms with Gasteiger partial charge in [0, 0.05) is 12.1 Å². The molecule has 112 valence electrons. The van der Waals surface area contributed by atoms with Crippen molar-refractivity contribution in [3.8, 4) is 0 Å². The summed E-state index contributed by atoms with van der Waals surface area (Å²) in [6.07, 6.45) is 4.19. The lowest BCUT2D eigenvalue weighted by Gasteiger charge is -2.15. The maximum absolute atomic E-state index is 11.7. The minimum Gasteiger partial charge on any atom is -0.377 e. The number of aromatic nitrogens is 2. The molecule has 0 saturated heterocycles. The van der Waals surface area contributed by atoms with Crippen LogP contribution in [-0.4, -0.2) is 32.9 Å². The Morgan fingerprint density at radius 1 is 1.52 bits per heavy atom. The largest absolute Gasteiger partial charge is 0.377 e. The highest BCUT2D eigenvalue weighted by Gasteiger charge is 2.18. The van der Waals surface area contributed by atoms with Crippen LogP contribution in [0.25, 0.3) is 10.9 Å². The van der Waals surface area contributed by atoms with Crippen molar-refractivity contribution in [3.05, 3.63) is 38.9 Å². The Labute approximate surface area is 125 Å². The van der Waals surface area contributed by atoms with E-state index in [1.54, 1.807) is 17.8 Å². The molecule has 21 heavy (non-hydrogen) atoms. The second kappa shape index (κ2) is 6.57. The molecular formula is C13H16N4O3S. The summed E-state index contributed by atoms with van der Waals surface area (Å²) in [5, 5.41) is 14.5. The molecule has 1 atom stereocenters. The first-order chi connectivity index (χ1) is 10.0. The quantitative estimate of drug-likeness (QED) is 0.627. The summed E-state index contributed by atoms with van der Waals surface area (Å²) in [7, 11) is 0. The van der Waals surface area contributed by atoms with Gasteiger partial charge in [-0.1, -0.05) is 0 Å². The van der Waals surface area contributed by atoms with E-state index in [9.17, 15) is 14.9 Å². The standard InChI is InChI=1S/C13H16N4O3S/c1-8(3-4-21-2)16-11-6-10-9(5-12(11)17(19)20)13(18)15-7-14-10/h5-8,16H,3-4H2,1-2H3,(H,14,15,18). The Kier molecular flexibility index (Phi) is 4.79. The minimum atomic E-state index is -0.491. The third-order valence-corrected chi connectivity index (χ3v) is 3.76. The number of hydrogen-bond donors (Lipinski definition) is 2. The van der Waals surface area contributed by atoms with E-state index in [0.717, 1.165) is 12.2 Å². The fourth-order valence-corrected chi connectivity index (χ4v) is 2.59. The van der Waals surface area contributed by atoms with Crippen molar-refractivity contribution < 1.29 is 4.92 Å². The first kappa shape index (κ1) is 15.3. The summed E-state index contributed by atoms with van der Waals surface area (Å²) in [5.41, 5.74) is 0.324. The number of fused-ring (bicyclic) bond motifs is 1. The number of thioether (sulfide) groups is 1. The van der Waals surface area contributed by atoms with Crippen molar-refractivity contribution in [3.63, 3.8) is 0 Å². The number of aromatic amines is 1. The molecular weight excluding hydrogens is 292 g/mol. The van der Waals surface area contributed by atoms with Crippen LogP contribution in [0.1, 0.15) is 13.3 Å². The molecule has 0 fully saturated rings. The van der Waals surface area contributed by atoms with E-state index in [1.807, 2.05) is 13.2 Å². The third-order valence-electron chi connectivity index (χ3n) is 3.11. The van der Waals surface area contributed by atoms with Gasteiger partial charge in [0.1, 0.15) is 5.69 Å². The number of anilines is 1. The molecule has 0 bridgehead atoms. The van der Waals surface area contributed by atoms with Crippen LogP contribution in [0.15, 0.2) is 23.3 Å². The van der Waals surface area contributed by atoms with Crippen molar-refractivity contribution in [1.29, 1.82) is 0 Å². The highest BCUT2D eigenvalue weighted by Crippen LogP contribution is 2.28. The van der Waals surface area contributed by atoms with Gasteiger partial charge in [-0.15, -0.1) is 0 Å². The van der Waals surface area contributed by atoms with Crippen LogP contribution in [0.5, 0.6) is 0 Å². The average molecular weight is 308 g/mol. The topological polar surface area (TPSA) is 101 Å². The molecule has 0 radical (unpaired) electrons. The van der Waals surface area contributed by atoms with E-state index in [0.29, 0.717) is 11.2 Å². The van der Waals surface area contributed by atoms with Gasteiger partial charge in [-0.2, -0.15) is 11.8 Å². The monoisotopic (exact) mass is 308 g/mol. The number of nitrogens with one attached hydrogen (secondary N) is 2. The van der Waals surface area contributed by atoms with Crippen LogP contribution in [0, 0.1) is 10.1 Å². The van der Waals surface area contributed by atoms with Crippen molar-refractivity contribution in [2.24, 2.45) is 0 Å². The second-order valence-electron chi connectivity index (χ2n) is 4.70. The summed E-state index contributed by atoms with van der Waals surface area (Å²) in [5.74, 6) is 0.966. The Morgan fingerprint density at radius 3 is 2.95 bits per heavy atom. The Hall–Kier alpha value is -2.09. The van der Waals surface area contributed by atoms with Crippen molar-refractivity contribution in [2.75, 3.05) is 17.3 Å². The number of benzene rings is 1. The summed E-state index contributed by atoms with van der Waals surface area (Å²) in [6.45, 7) is 1.97. The highest BCUT2D eigenvalue weighted by molar-refractivity contribution is 7.98. The Bertz CT molecular complexity index is 716. The number of nitro benzene ring substituents is 1. The molecule has 0 saturated carbocycles. The van der Waals surface area contributed by atoms with Crippen LogP contribution in [-0.2, 0) is 0 Å². The first-order valence-corrected chi connectivity index (χ1v) is 7.83. The SMILES string of the molecule is CSCCC(C)Nc1cc2nc[nH]c(=O)c2cc1[N+](=O)[O-]. The first-order valence-electron chi connectivity index (χ1n) is 6.44. The summed E-state index contributed by atoms with van der Waals surface area (Å²) < 4.78 is 0. The summed E-state index contributed by atoms with van der Waals surface area (Å²) >= 11 is 1.72. The maximum atomic E-state index is 11.7. The molecule has 2 rings (SSSR count). The summed E-state index contributed by atoms with van der Waals surface area (Å²) in [4.78, 5) is 28.9. The van der Waals surface area contributed by atoms with Gasteiger partial charge in [0.05, 0.1) is 22.2 Å². The van der Waals surface area contributed by atoms with E-state index < -0.39 is 4.92 Å². The van der Waals surface area contributed by atoms with Crippen molar-refractivity contribution in [1.82, 2.24) is 9.97 Å². The second-order valence-corrected chi connectivity index (χ2v) is 5.69. The molecule has 2 N–H and O–H groups in total. The molecule has 7 nitrogen and oxygen atoms in total. The molecule has 0 aliphatic heterocycles. The average Bonchev–Trinajstić information content (AvgIpc) is 2.44. The lowest BCUT2D eigenvalue weighted by atomic mass is 10.1. The lowest BCUT2D eigenvalue weighted by Crippen LogP contribution is -2.17. The molecule has 8 heteroatoms. The van der Waals surface area contributed by atoms with Gasteiger partial charge in [0.2, 0.25) is 0 Å². The van der Waals surface area contributed by atoms with Crippen LogP contribution >= 0.6 is 11.8 Å². The van der Waals surface area contributed by atoms with E-state index in [4.69, 9.17) is 0 Å². The number of hydrogen-bond acceptors (Lipinski definition) is 6. The van der Waals surface area contributed by atoms with Gasteiger partial charge in [-0.05, 0) is 31.4 Å². The van der Waals surface area contributed by atoms with E-state index in [1.165, 1.54) is 12.4 Å². The minimum absolute atomic E-state index is 0.0931. The molecule has 0 aliphatic carbocycles. The lowest BCUT2D eigenvalue weighted by molar-refractivity contribution is -0.383. The molecule has 1 heterocycles.